The molecule has 0 aliphatic carbocycles. The van der Waals surface area contributed by atoms with E-state index in [4.69, 9.17) is 0 Å². The summed E-state index contributed by atoms with van der Waals surface area (Å²) in [6.45, 7) is 1.41. The molecule has 1 fully saturated rings. The number of carbonyl (C=O) groups excluding carboxylic acids is 1. The first-order chi connectivity index (χ1) is 8.61. The number of hydrogen-bond acceptors (Lipinski definition) is 2. The van der Waals surface area contributed by atoms with Crippen molar-refractivity contribution < 1.29 is 9.18 Å². The Hall–Kier alpha value is -0.650. The minimum absolute atomic E-state index is 0. The summed E-state index contributed by atoms with van der Waals surface area (Å²) in [7, 11) is 1.90. The lowest BCUT2D eigenvalue weighted by molar-refractivity contribution is 0.0697. The number of nitrogens with one attached hydrogen (secondary N) is 1. The number of likely N-dealkylation sites (tertiary alicyclic amines) is 1. The standard InChI is InChI=1S/C13H16BrFN2O.ClH/c1-16-10-3-2-6-17(8-10)13(18)11-7-9(15)4-5-12(11)14;/h4-5,7,10,16H,2-3,6,8H2,1H3;1H. The van der Waals surface area contributed by atoms with E-state index in [2.05, 4.69) is 21.2 Å². The van der Waals surface area contributed by atoms with E-state index in [1.807, 2.05) is 7.05 Å². The van der Waals surface area contributed by atoms with Gasteiger partial charge in [-0.15, -0.1) is 12.4 Å². The number of halogens is 3. The predicted molar refractivity (Wildman–Crippen MR) is 79.3 cm³/mol. The Balaban J connectivity index is 0.00000180. The van der Waals surface area contributed by atoms with E-state index >= 15 is 0 Å². The van der Waals surface area contributed by atoms with Crippen LogP contribution >= 0.6 is 28.3 Å². The fourth-order valence-electron chi connectivity index (χ4n) is 2.23. The summed E-state index contributed by atoms with van der Waals surface area (Å²) in [5, 5.41) is 3.19. The quantitative estimate of drug-likeness (QED) is 0.888. The molecule has 1 N–H and O–H groups in total. The molecule has 106 valence electrons. The van der Waals surface area contributed by atoms with Crippen LogP contribution < -0.4 is 5.32 Å². The van der Waals surface area contributed by atoms with Crippen LogP contribution in [0, 0.1) is 5.82 Å². The first kappa shape index (κ1) is 16.4. The highest BCUT2D eigenvalue weighted by Gasteiger charge is 2.24. The predicted octanol–water partition coefficient (Wildman–Crippen LogP) is 2.83. The highest BCUT2D eigenvalue weighted by atomic mass is 79.9. The molecule has 1 aromatic rings. The minimum Gasteiger partial charge on any atom is -0.337 e. The van der Waals surface area contributed by atoms with Crippen LogP contribution in [0.15, 0.2) is 22.7 Å². The number of benzene rings is 1. The van der Waals surface area contributed by atoms with Gasteiger partial charge in [-0.25, -0.2) is 4.39 Å². The van der Waals surface area contributed by atoms with Gasteiger partial charge in [0.1, 0.15) is 5.82 Å². The fraction of sp³-hybridized carbons (Fsp3) is 0.462. The second-order valence-corrected chi connectivity index (χ2v) is 5.36. The lowest BCUT2D eigenvalue weighted by atomic mass is 10.0. The van der Waals surface area contributed by atoms with Gasteiger partial charge in [-0.2, -0.15) is 0 Å². The smallest absolute Gasteiger partial charge is 0.255 e. The Morgan fingerprint density at radius 1 is 1.53 bits per heavy atom. The summed E-state index contributed by atoms with van der Waals surface area (Å²) in [6, 6.07) is 4.53. The molecular weight excluding hydrogens is 335 g/mol. The molecule has 1 heterocycles. The molecule has 0 radical (unpaired) electrons. The van der Waals surface area contributed by atoms with Gasteiger partial charge in [0, 0.05) is 23.6 Å². The summed E-state index contributed by atoms with van der Waals surface area (Å²) >= 11 is 3.30. The molecule has 0 bridgehead atoms. The third-order valence-corrected chi connectivity index (χ3v) is 3.97. The molecule has 1 saturated heterocycles. The van der Waals surface area contributed by atoms with E-state index < -0.39 is 0 Å². The highest BCUT2D eigenvalue weighted by molar-refractivity contribution is 9.10. The monoisotopic (exact) mass is 350 g/mol. The summed E-state index contributed by atoms with van der Waals surface area (Å²) in [5.41, 5.74) is 0.395. The van der Waals surface area contributed by atoms with Crippen molar-refractivity contribution in [1.82, 2.24) is 10.2 Å². The van der Waals surface area contributed by atoms with Crippen LogP contribution in [0.25, 0.3) is 0 Å². The number of rotatable bonds is 2. The van der Waals surface area contributed by atoms with Gasteiger partial charge in [0.05, 0.1) is 5.56 Å². The molecule has 1 amide bonds. The Morgan fingerprint density at radius 3 is 2.95 bits per heavy atom. The average Bonchev–Trinajstić information content (AvgIpc) is 2.41. The fourth-order valence-corrected chi connectivity index (χ4v) is 2.65. The Kier molecular flexibility index (Phi) is 6.23. The van der Waals surface area contributed by atoms with Crippen molar-refractivity contribution in [2.45, 2.75) is 18.9 Å². The number of amides is 1. The molecule has 1 unspecified atom stereocenters. The first-order valence-corrected chi connectivity index (χ1v) is 6.82. The van der Waals surface area contributed by atoms with Crippen molar-refractivity contribution in [2.75, 3.05) is 20.1 Å². The van der Waals surface area contributed by atoms with Crippen LogP contribution in [0.2, 0.25) is 0 Å². The van der Waals surface area contributed by atoms with E-state index in [0.29, 0.717) is 22.6 Å². The molecule has 0 spiro atoms. The zero-order valence-electron chi connectivity index (χ0n) is 10.7. The topological polar surface area (TPSA) is 32.3 Å². The van der Waals surface area contributed by atoms with E-state index in [1.54, 1.807) is 11.0 Å². The van der Waals surface area contributed by atoms with Crippen LogP contribution in [-0.4, -0.2) is 37.0 Å². The molecule has 1 aromatic carbocycles. The zero-order valence-corrected chi connectivity index (χ0v) is 13.1. The van der Waals surface area contributed by atoms with Crippen LogP contribution in [0.4, 0.5) is 4.39 Å². The van der Waals surface area contributed by atoms with Gasteiger partial charge in [0.2, 0.25) is 0 Å². The largest absolute Gasteiger partial charge is 0.337 e. The number of hydrogen-bond donors (Lipinski definition) is 1. The molecule has 1 atom stereocenters. The molecule has 3 nitrogen and oxygen atoms in total. The number of carbonyl (C=O) groups is 1. The number of nitrogens with zero attached hydrogens (tertiary/aromatic N) is 1. The molecular formula is C13H17BrClFN2O. The SMILES string of the molecule is CNC1CCCN(C(=O)c2cc(F)ccc2Br)C1.Cl. The molecule has 1 aliphatic rings. The first-order valence-electron chi connectivity index (χ1n) is 6.03. The van der Waals surface area contributed by atoms with Crippen molar-refractivity contribution in [3.05, 3.63) is 34.1 Å². The number of likely N-dealkylation sites (N-methyl/N-ethyl adjacent to an activating group) is 1. The van der Waals surface area contributed by atoms with E-state index in [0.717, 1.165) is 19.4 Å². The van der Waals surface area contributed by atoms with Crippen LogP contribution in [0.5, 0.6) is 0 Å². The van der Waals surface area contributed by atoms with Gasteiger partial charge in [0.25, 0.3) is 5.91 Å². The lowest BCUT2D eigenvalue weighted by Gasteiger charge is -2.32. The van der Waals surface area contributed by atoms with Gasteiger partial charge in [-0.05, 0) is 54.0 Å². The van der Waals surface area contributed by atoms with E-state index in [1.165, 1.54) is 12.1 Å². The normalized spacial score (nSPS) is 18.9. The third kappa shape index (κ3) is 3.91. The average molecular weight is 352 g/mol. The maximum atomic E-state index is 13.2. The van der Waals surface area contributed by atoms with Gasteiger partial charge in [0.15, 0.2) is 0 Å². The molecule has 19 heavy (non-hydrogen) atoms. The molecule has 6 heteroatoms. The highest BCUT2D eigenvalue weighted by Crippen LogP contribution is 2.21. The second kappa shape index (κ2) is 7.22. The van der Waals surface area contributed by atoms with Crippen LogP contribution in [0.3, 0.4) is 0 Å². The summed E-state index contributed by atoms with van der Waals surface area (Å²) in [5.74, 6) is -0.495. The van der Waals surface area contributed by atoms with E-state index in [9.17, 15) is 9.18 Å². The van der Waals surface area contributed by atoms with Gasteiger partial charge < -0.3 is 10.2 Å². The molecule has 0 aromatic heterocycles. The summed E-state index contributed by atoms with van der Waals surface area (Å²) < 4.78 is 13.9. The van der Waals surface area contributed by atoms with Crippen molar-refractivity contribution in [1.29, 1.82) is 0 Å². The van der Waals surface area contributed by atoms with Gasteiger partial charge in [-0.3, -0.25) is 4.79 Å². The summed E-state index contributed by atoms with van der Waals surface area (Å²) in [4.78, 5) is 14.1. The number of piperidine rings is 1. The maximum Gasteiger partial charge on any atom is 0.255 e. The van der Waals surface area contributed by atoms with E-state index in [-0.39, 0.29) is 24.1 Å². The van der Waals surface area contributed by atoms with Crippen molar-refractivity contribution in [3.8, 4) is 0 Å². The third-order valence-electron chi connectivity index (χ3n) is 3.28. The lowest BCUT2D eigenvalue weighted by Crippen LogP contribution is -2.47. The Morgan fingerprint density at radius 2 is 2.26 bits per heavy atom. The van der Waals surface area contributed by atoms with Crippen molar-refractivity contribution >= 4 is 34.2 Å². The van der Waals surface area contributed by atoms with Gasteiger partial charge >= 0.3 is 0 Å². The Labute approximate surface area is 127 Å². The zero-order chi connectivity index (χ0) is 13.1. The van der Waals surface area contributed by atoms with Crippen LogP contribution in [0.1, 0.15) is 23.2 Å². The molecule has 2 rings (SSSR count). The maximum absolute atomic E-state index is 13.2. The van der Waals surface area contributed by atoms with Gasteiger partial charge in [-0.1, -0.05) is 0 Å². The minimum atomic E-state index is -0.385. The van der Waals surface area contributed by atoms with Crippen molar-refractivity contribution in [2.24, 2.45) is 0 Å². The molecule has 0 saturated carbocycles. The Bertz CT molecular complexity index is 458. The molecule has 1 aliphatic heterocycles. The van der Waals surface area contributed by atoms with Crippen LogP contribution in [-0.2, 0) is 0 Å². The summed E-state index contributed by atoms with van der Waals surface area (Å²) in [6.07, 6.45) is 2.05. The second-order valence-electron chi connectivity index (χ2n) is 4.50. The van der Waals surface area contributed by atoms with Crippen molar-refractivity contribution in [3.63, 3.8) is 0 Å².